The molecule has 4 heteroatoms. The van der Waals surface area contributed by atoms with Crippen molar-refractivity contribution in [3.8, 4) is 0 Å². The van der Waals surface area contributed by atoms with E-state index in [0.29, 0.717) is 5.75 Å². The van der Waals surface area contributed by atoms with E-state index in [1.165, 1.54) is 11.1 Å². The van der Waals surface area contributed by atoms with Crippen LogP contribution in [0.5, 0.6) is 0 Å². The van der Waals surface area contributed by atoms with Crippen molar-refractivity contribution < 1.29 is 4.55 Å². The number of hydrogen-bond acceptors (Lipinski definition) is 3. The SMILES string of the molecule is CN(C)CCc1ccn2ccc(CSO)cc12. The summed E-state index contributed by atoms with van der Waals surface area (Å²) in [6.07, 6.45) is 5.20. The fourth-order valence-electron chi connectivity index (χ4n) is 1.92. The van der Waals surface area contributed by atoms with Gasteiger partial charge < -0.3 is 13.9 Å². The maximum absolute atomic E-state index is 8.89. The second kappa shape index (κ2) is 5.58. The molecule has 2 aromatic heterocycles. The van der Waals surface area contributed by atoms with Gasteiger partial charge in [-0.3, -0.25) is 0 Å². The first-order valence-corrected chi connectivity index (χ1v) is 6.64. The summed E-state index contributed by atoms with van der Waals surface area (Å²) in [6.45, 7) is 1.05. The topological polar surface area (TPSA) is 27.9 Å². The molecule has 2 rings (SSSR count). The number of pyridine rings is 1. The van der Waals surface area contributed by atoms with Gasteiger partial charge in [0.25, 0.3) is 0 Å². The van der Waals surface area contributed by atoms with E-state index >= 15 is 0 Å². The summed E-state index contributed by atoms with van der Waals surface area (Å²) in [5, 5.41) is 0. The van der Waals surface area contributed by atoms with Gasteiger partial charge in [0.15, 0.2) is 0 Å². The molecule has 0 unspecified atom stereocenters. The van der Waals surface area contributed by atoms with E-state index in [0.717, 1.165) is 30.6 Å². The van der Waals surface area contributed by atoms with Crippen molar-refractivity contribution >= 4 is 17.6 Å². The Hall–Kier alpha value is -0.970. The molecule has 0 saturated heterocycles. The van der Waals surface area contributed by atoms with Crippen molar-refractivity contribution in [1.82, 2.24) is 9.30 Å². The number of fused-ring (bicyclic) bond motifs is 1. The van der Waals surface area contributed by atoms with Crippen LogP contribution in [0.15, 0.2) is 30.6 Å². The van der Waals surface area contributed by atoms with Crippen LogP contribution < -0.4 is 0 Å². The summed E-state index contributed by atoms with van der Waals surface area (Å²) >= 11 is 0.873. The lowest BCUT2D eigenvalue weighted by molar-refractivity contribution is 0.414. The number of likely N-dealkylation sites (N-methyl/N-ethyl adjacent to an activating group) is 1. The zero-order chi connectivity index (χ0) is 12.3. The minimum Gasteiger partial charge on any atom is -0.330 e. The number of aromatic nitrogens is 1. The summed E-state index contributed by atoms with van der Waals surface area (Å²) in [5.74, 6) is 0.648. The molecule has 3 nitrogen and oxygen atoms in total. The predicted molar refractivity (Wildman–Crippen MR) is 73.6 cm³/mol. The highest BCUT2D eigenvalue weighted by Gasteiger charge is 2.04. The summed E-state index contributed by atoms with van der Waals surface area (Å²) in [6, 6.07) is 6.38. The van der Waals surface area contributed by atoms with E-state index in [1.807, 2.05) is 6.07 Å². The van der Waals surface area contributed by atoms with Gasteiger partial charge in [-0.15, -0.1) is 0 Å². The third-order valence-corrected chi connectivity index (χ3v) is 3.34. The Kier molecular flexibility index (Phi) is 4.10. The Labute approximate surface area is 106 Å². The summed E-state index contributed by atoms with van der Waals surface area (Å²) in [7, 11) is 4.18. The highest BCUT2D eigenvalue weighted by Crippen LogP contribution is 2.17. The molecule has 0 aliphatic rings. The molecule has 2 heterocycles. The molecule has 0 spiro atoms. The first-order valence-electron chi connectivity index (χ1n) is 5.70. The van der Waals surface area contributed by atoms with E-state index in [4.69, 9.17) is 4.55 Å². The van der Waals surface area contributed by atoms with Crippen molar-refractivity contribution in [3.63, 3.8) is 0 Å². The van der Waals surface area contributed by atoms with E-state index in [-0.39, 0.29) is 0 Å². The first kappa shape index (κ1) is 12.5. The fourth-order valence-corrected chi connectivity index (χ4v) is 2.25. The lowest BCUT2D eigenvalue weighted by atomic mass is 10.1. The van der Waals surface area contributed by atoms with Crippen molar-refractivity contribution in [2.24, 2.45) is 0 Å². The number of rotatable bonds is 5. The van der Waals surface area contributed by atoms with Crippen LogP contribution in [0.2, 0.25) is 0 Å². The van der Waals surface area contributed by atoms with Crippen molar-refractivity contribution in [1.29, 1.82) is 0 Å². The summed E-state index contributed by atoms with van der Waals surface area (Å²) < 4.78 is 11.0. The Morgan fingerprint density at radius 3 is 2.76 bits per heavy atom. The van der Waals surface area contributed by atoms with Crippen LogP contribution in [0.4, 0.5) is 0 Å². The third kappa shape index (κ3) is 3.03. The minimum absolute atomic E-state index is 0.648. The Bertz CT molecular complexity index is 493. The van der Waals surface area contributed by atoms with Gasteiger partial charge >= 0.3 is 0 Å². The molecule has 0 amide bonds. The Morgan fingerprint density at radius 2 is 2.06 bits per heavy atom. The molecule has 0 aliphatic carbocycles. The average molecular weight is 250 g/mol. The summed E-state index contributed by atoms with van der Waals surface area (Å²) in [5.41, 5.74) is 3.77. The average Bonchev–Trinajstić information content (AvgIpc) is 2.69. The Balaban J connectivity index is 2.26. The van der Waals surface area contributed by atoms with E-state index in [2.05, 4.69) is 47.9 Å². The molecular formula is C13H18N2OS. The standard InChI is InChI=1S/C13H18N2OS/c1-14(2)6-4-12-5-8-15-7-3-11(10-17-16)9-13(12)15/h3,5,7-9,16H,4,6,10H2,1-2H3. The molecule has 17 heavy (non-hydrogen) atoms. The maximum atomic E-state index is 8.89. The lowest BCUT2D eigenvalue weighted by Crippen LogP contribution is -2.14. The van der Waals surface area contributed by atoms with Crippen LogP contribution in [0.3, 0.4) is 0 Å². The highest BCUT2D eigenvalue weighted by atomic mass is 32.2. The lowest BCUT2D eigenvalue weighted by Gasteiger charge is -2.08. The molecule has 0 bridgehead atoms. The smallest absolute Gasteiger partial charge is 0.0485 e. The maximum Gasteiger partial charge on any atom is 0.0485 e. The van der Waals surface area contributed by atoms with Crippen molar-refractivity contribution in [2.75, 3.05) is 20.6 Å². The Morgan fingerprint density at radius 1 is 1.29 bits per heavy atom. The molecule has 0 radical (unpaired) electrons. The molecule has 0 fully saturated rings. The van der Waals surface area contributed by atoms with Crippen LogP contribution in [0.1, 0.15) is 11.1 Å². The molecule has 0 aliphatic heterocycles. The quantitative estimate of drug-likeness (QED) is 0.827. The van der Waals surface area contributed by atoms with Crippen LogP contribution >= 0.6 is 12.0 Å². The number of hydrogen-bond donors (Lipinski definition) is 1. The van der Waals surface area contributed by atoms with Crippen LogP contribution in [0, 0.1) is 0 Å². The van der Waals surface area contributed by atoms with Gasteiger partial charge in [0, 0.05) is 30.2 Å². The second-order valence-corrected chi connectivity index (χ2v) is 5.04. The molecule has 1 N–H and O–H groups in total. The van der Waals surface area contributed by atoms with Crippen LogP contribution in [-0.4, -0.2) is 34.5 Å². The molecular weight excluding hydrogens is 232 g/mol. The first-order chi connectivity index (χ1) is 8.20. The zero-order valence-corrected chi connectivity index (χ0v) is 11.1. The van der Waals surface area contributed by atoms with E-state index < -0.39 is 0 Å². The van der Waals surface area contributed by atoms with E-state index in [1.54, 1.807) is 0 Å². The predicted octanol–water partition coefficient (Wildman–Crippen LogP) is 2.75. The van der Waals surface area contributed by atoms with Gasteiger partial charge in [0.05, 0.1) is 0 Å². The largest absolute Gasteiger partial charge is 0.330 e. The zero-order valence-electron chi connectivity index (χ0n) is 10.3. The van der Waals surface area contributed by atoms with E-state index in [9.17, 15) is 0 Å². The highest BCUT2D eigenvalue weighted by molar-refractivity contribution is 7.92. The van der Waals surface area contributed by atoms with Crippen LogP contribution in [-0.2, 0) is 12.2 Å². The third-order valence-electron chi connectivity index (χ3n) is 2.87. The normalized spacial score (nSPS) is 11.5. The molecule has 0 atom stereocenters. The van der Waals surface area contributed by atoms with Crippen molar-refractivity contribution in [3.05, 3.63) is 41.7 Å². The monoisotopic (exact) mass is 250 g/mol. The minimum atomic E-state index is 0.648. The molecule has 0 saturated carbocycles. The second-order valence-electron chi connectivity index (χ2n) is 4.50. The van der Waals surface area contributed by atoms with Crippen LogP contribution in [0.25, 0.3) is 5.52 Å². The molecule has 92 valence electrons. The molecule has 2 aromatic rings. The summed E-state index contributed by atoms with van der Waals surface area (Å²) in [4.78, 5) is 2.19. The van der Waals surface area contributed by atoms with Gasteiger partial charge in [0.1, 0.15) is 0 Å². The number of nitrogens with zero attached hydrogens (tertiary/aromatic N) is 2. The van der Waals surface area contributed by atoms with Gasteiger partial charge in [0.2, 0.25) is 0 Å². The van der Waals surface area contributed by atoms with Gasteiger partial charge in [-0.2, -0.15) is 0 Å². The van der Waals surface area contributed by atoms with Gasteiger partial charge in [-0.25, -0.2) is 0 Å². The molecule has 0 aromatic carbocycles. The van der Waals surface area contributed by atoms with Crippen molar-refractivity contribution in [2.45, 2.75) is 12.2 Å². The fraction of sp³-hybridized carbons (Fsp3) is 0.385. The van der Waals surface area contributed by atoms with Gasteiger partial charge in [-0.1, -0.05) is 0 Å². The van der Waals surface area contributed by atoms with Gasteiger partial charge in [-0.05, 0) is 61.9 Å².